The van der Waals surface area contributed by atoms with Crippen LogP contribution in [0.5, 0.6) is 5.75 Å². The monoisotopic (exact) mass is 426 g/mol. The Hall–Kier alpha value is -2.59. The van der Waals surface area contributed by atoms with Crippen LogP contribution in [0.15, 0.2) is 53.7 Å². The van der Waals surface area contributed by atoms with Gasteiger partial charge in [-0.15, -0.1) is 0 Å². The van der Waals surface area contributed by atoms with Gasteiger partial charge < -0.3 is 9.47 Å². The van der Waals surface area contributed by atoms with E-state index in [0.717, 1.165) is 0 Å². The van der Waals surface area contributed by atoms with Crippen LogP contribution in [0.25, 0.3) is 0 Å². The van der Waals surface area contributed by atoms with Crippen molar-refractivity contribution in [3.63, 3.8) is 0 Å². The number of carbonyl (C=O) groups excluding carboxylic acids is 1. The van der Waals surface area contributed by atoms with Gasteiger partial charge in [0.1, 0.15) is 17.3 Å². The maximum absolute atomic E-state index is 12.6. The van der Waals surface area contributed by atoms with Gasteiger partial charge in [-0.25, -0.2) is 8.42 Å². The standard InChI is InChI=1S/C19H20F2N2O5S/c20-19(21)28-17-6-2-1-4-15(17)13-27-18(24)14-7-10-23(11-8-14)29(25,26)16-5-3-9-22-12-16/h1-6,9,12,14,19H,7-8,10-11,13H2. The molecule has 2 heterocycles. The molecule has 0 aliphatic carbocycles. The van der Waals surface area contributed by atoms with Gasteiger partial charge in [0.05, 0.1) is 5.92 Å². The first-order valence-electron chi connectivity index (χ1n) is 8.97. The van der Waals surface area contributed by atoms with Crippen LogP contribution in [0.1, 0.15) is 18.4 Å². The molecule has 0 amide bonds. The van der Waals surface area contributed by atoms with E-state index in [4.69, 9.17) is 4.74 Å². The number of aromatic nitrogens is 1. The molecule has 0 radical (unpaired) electrons. The van der Waals surface area contributed by atoms with Crippen LogP contribution in [0, 0.1) is 5.92 Å². The van der Waals surface area contributed by atoms with Gasteiger partial charge in [-0.2, -0.15) is 13.1 Å². The van der Waals surface area contributed by atoms with Crippen LogP contribution in [-0.4, -0.2) is 43.4 Å². The third-order valence-electron chi connectivity index (χ3n) is 4.62. The van der Waals surface area contributed by atoms with Gasteiger partial charge in [0, 0.05) is 31.0 Å². The van der Waals surface area contributed by atoms with Gasteiger partial charge in [0.2, 0.25) is 10.0 Å². The molecule has 0 bridgehead atoms. The molecule has 0 spiro atoms. The fourth-order valence-electron chi connectivity index (χ4n) is 3.08. The number of para-hydroxylation sites is 1. The number of rotatable bonds is 7. The number of alkyl halides is 2. The van der Waals surface area contributed by atoms with Crippen molar-refractivity contribution in [1.82, 2.24) is 9.29 Å². The van der Waals surface area contributed by atoms with E-state index in [2.05, 4.69) is 9.72 Å². The third kappa shape index (κ3) is 5.27. The number of benzene rings is 1. The molecule has 1 aromatic carbocycles. The van der Waals surface area contributed by atoms with E-state index < -0.39 is 28.5 Å². The molecule has 2 aromatic rings. The molecule has 3 rings (SSSR count). The van der Waals surface area contributed by atoms with Crippen LogP contribution < -0.4 is 4.74 Å². The Morgan fingerprint density at radius 3 is 2.55 bits per heavy atom. The molecule has 1 aliphatic rings. The van der Waals surface area contributed by atoms with Gasteiger partial charge >= 0.3 is 12.6 Å². The van der Waals surface area contributed by atoms with Crippen LogP contribution in [0.2, 0.25) is 0 Å². The molecular weight excluding hydrogens is 406 g/mol. The molecule has 156 valence electrons. The maximum atomic E-state index is 12.6. The maximum Gasteiger partial charge on any atom is 0.387 e. The molecule has 7 nitrogen and oxygen atoms in total. The molecule has 1 saturated heterocycles. The van der Waals surface area contributed by atoms with Crippen molar-refractivity contribution in [3.05, 3.63) is 54.4 Å². The van der Waals surface area contributed by atoms with E-state index in [0.29, 0.717) is 18.4 Å². The van der Waals surface area contributed by atoms with E-state index in [9.17, 15) is 22.0 Å². The first-order chi connectivity index (χ1) is 13.9. The Morgan fingerprint density at radius 2 is 1.90 bits per heavy atom. The SMILES string of the molecule is O=C(OCc1ccccc1OC(F)F)C1CCN(S(=O)(=O)c2cccnc2)CC1. The number of carbonyl (C=O) groups is 1. The highest BCUT2D eigenvalue weighted by Crippen LogP contribution is 2.26. The predicted octanol–water partition coefficient (Wildman–Crippen LogP) is 2.83. The Morgan fingerprint density at radius 1 is 1.17 bits per heavy atom. The summed E-state index contributed by atoms with van der Waals surface area (Å²) < 4.78 is 61.1. The van der Waals surface area contributed by atoms with Crippen molar-refractivity contribution in [2.75, 3.05) is 13.1 Å². The van der Waals surface area contributed by atoms with Crippen LogP contribution in [0.4, 0.5) is 8.78 Å². The summed E-state index contributed by atoms with van der Waals surface area (Å²) >= 11 is 0. The Bertz CT molecular complexity index is 933. The average molecular weight is 426 g/mol. The Balaban J connectivity index is 1.55. The number of nitrogens with zero attached hydrogens (tertiary/aromatic N) is 2. The molecule has 0 atom stereocenters. The van der Waals surface area contributed by atoms with E-state index in [1.165, 1.54) is 34.9 Å². The molecule has 0 saturated carbocycles. The molecule has 1 aliphatic heterocycles. The smallest absolute Gasteiger partial charge is 0.387 e. The van der Waals surface area contributed by atoms with E-state index in [1.807, 2.05) is 0 Å². The lowest BCUT2D eigenvalue weighted by molar-refractivity contribution is -0.151. The largest absolute Gasteiger partial charge is 0.460 e. The summed E-state index contributed by atoms with van der Waals surface area (Å²) in [6.45, 7) is -2.81. The molecule has 29 heavy (non-hydrogen) atoms. The lowest BCUT2D eigenvalue weighted by atomic mass is 9.98. The second-order valence-corrected chi connectivity index (χ2v) is 8.40. The van der Waals surface area contributed by atoms with E-state index in [-0.39, 0.29) is 30.3 Å². The summed E-state index contributed by atoms with van der Waals surface area (Å²) in [6, 6.07) is 9.10. The van der Waals surface area contributed by atoms with Crippen molar-refractivity contribution in [2.45, 2.75) is 31.0 Å². The quantitative estimate of drug-likeness (QED) is 0.633. The van der Waals surface area contributed by atoms with Crippen LogP contribution in [0.3, 0.4) is 0 Å². The normalized spacial score (nSPS) is 16.0. The van der Waals surface area contributed by atoms with Gasteiger partial charge in [0.15, 0.2) is 0 Å². The number of sulfonamides is 1. The predicted molar refractivity (Wildman–Crippen MR) is 98.6 cm³/mol. The zero-order chi connectivity index (χ0) is 20.9. The van der Waals surface area contributed by atoms with Gasteiger partial charge in [-0.3, -0.25) is 9.78 Å². The van der Waals surface area contributed by atoms with Gasteiger partial charge in [0.25, 0.3) is 0 Å². The molecule has 1 aromatic heterocycles. The summed E-state index contributed by atoms with van der Waals surface area (Å²) in [5.41, 5.74) is 0.331. The molecular formula is C19H20F2N2O5S. The summed E-state index contributed by atoms with van der Waals surface area (Å²) in [4.78, 5) is 16.3. The van der Waals surface area contributed by atoms with Crippen LogP contribution >= 0.6 is 0 Å². The van der Waals surface area contributed by atoms with E-state index >= 15 is 0 Å². The molecule has 1 fully saturated rings. The zero-order valence-electron chi connectivity index (χ0n) is 15.4. The van der Waals surface area contributed by atoms with Crippen molar-refractivity contribution < 1.29 is 31.5 Å². The van der Waals surface area contributed by atoms with Crippen molar-refractivity contribution >= 4 is 16.0 Å². The highest BCUT2D eigenvalue weighted by atomic mass is 32.2. The molecule has 10 heteroatoms. The Labute approximate surface area is 167 Å². The average Bonchev–Trinajstić information content (AvgIpc) is 2.73. The fraction of sp³-hybridized carbons (Fsp3) is 0.368. The highest BCUT2D eigenvalue weighted by molar-refractivity contribution is 7.89. The minimum absolute atomic E-state index is 0.0484. The fourth-order valence-corrected chi connectivity index (χ4v) is 4.52. The van der Waals surface area contributed by atoms with Gasteiger partial charge in [-0.05, 0) is 31.0 Å². The number of esters is 1. The van der Waals surface area contributed by atoms with Crippen molar-refractivity contribution in [2.24, 2.45) is 5.92 Å². The van der Waals surface area contributed by atoms with Crippen LogP contribution in [-0.2, 0) is 26.2 Å². The highest BCUT2D eigenvalue weighted by Gasteiger charge is 2.33. The summed E-state index contributed by atoms with van der Waals surface area (Å²) in [7, 11) is -3.65. The van der Waals surface area contributed by atoms with Crippen molar-refractivity contribution in [3.8, 4) is 5.75 Å². The number of piperidine rings is 1. The second kappa shape index (κ2) is 9.27. The van der Waals surface area contributed by atoms with Crippen molar-refractivity contribution in [1.29, 1.82) is 0 Å². The van der Waals surface area contributed by atoms with Gasteiger partial charge in [-0.1, -0.05) is 18.2 Å². The number of hydrogen-bond donors (Lipinski definition) is 0. The number of hydrogen-bond acceptors (Lipinski definition) is 6. The molecule has 0 unspecified atom stereocenters. The second-order valence-electron chi connectivity index (χ2n) is 6.46. The first kappa shape index (κ1) is 21.1. The summed E-state index contributed by atoms with van der Waals surface area (Å²) in [5.74, 6) is -0.999. The topological polar surface area (TPSA) is 85.8 Å². The molecule has 0 N–H and O–H groups in total. The van der Waals surface area contributed by atoms with E-state index in [1.54, 1.807) is 18.2 Å². The zero-order valence-corrected chi connectivity index (χ0v) is 16.2. The first-order valence-corrected chi connectivity index (χ1v) is 10.4. The third-order valence-corrected chi connectivity index (χ3v) is 6.50. The summed E-state index contributed by atoms with van der Waals surface area (Å²) in [6.07, 6.45) is 3.40. The minimum Gasteiger partial charge on any atom is -0.460 e. The number of ether oxygens (including phenoxy) is 2. The number of halogens is 2. The summed E-state index contributed by atoms with van der Waals surface area (Å²) in [5, 5.41) is 0. The Kier molecular flexibility index (Phi) is 6.75. The lowest BCUT2D eigenvalue weighted by Crippen LogP contribution is -2.40. The lowest BCUT2D eigenvalue weighted by Gasteiger charge is -2.30. The minimum atomic E-state index is -3.65. The number of pyridine rings is 1.